The van der Waals surface area contributed by atoms with E-state index in [0.29, 0.717) is 0 Å². The maximum absolute atomic E-state index is 2.43. The number of hydrogen-bond acceptors (Lipinski definition) is 0. The fourth-order valence-electron chi connectivity index (χ4n) is 1.91. The molecule has 0 aromatic heterocycles. The monoisotopic (exact) mass is 166 g/mol. The van der Waals surface area contributed by atoms with Crippen molar-refractivity contribution in [1.29, 1.82) is 0 Å². The highest BCUT2D eigenvalue weighted by Crippen LogP contribution is 2.22. The molecule has 0 heteroatoms. The third-order valence-corrected chi connectivity index (χ3v) is 2.71. The molecule has 0 aliphatic heterocycles. The van der Waals surface area contributed by atoms with Crippen LogP contribution < -0.4 is 0 Å². The third kappa shape index (κ3) is 3.94. The quantitative estimate of drug-likeness (QED) is 0.550. The fraction of sp³-hybridized carbons (Fsp3) is 0.833. The Hall–Kier alpha value is -0.260. The van der Waals surface area contributed by atoms with E-state index in [1.807, 2.05) is 0 Å². The van der Waals surface area contributed by atoms with E-state index in [9.17, 15) is 0 Å². The Kier molecular flexibility index (Phi) is 4.42. The molecule has 0 fully saturated rings. The first-order valence-electron chi connectivity index (χ1n) is 5.45. The summed E-state index contributed by atoms with van der Waals surface area (Å²) in [5.74, 6) is 1.80. The maximum atomic E-state index is 2.43. The molecule has 0 aromatic rings. The van der Waals surface area contributed by atoms with Gasteiger partial charge in [0.1, 0.15) is 0 Å². The Balaban J connectivity index is 2.06. The van der Waals surface area contributed by atoms with Crippen LogP contribution in [0.4, 0.5) is 0 Å². The largest absolute Gasteiger partial charge is 0.0883 e. The van der Waals surface area contributed by atoms with Crippen molar-refractivity contribution in [3.63, 3.8) is 0 Å². The topological polar surface area (TPSA) is 0 Å². The lowest BCUT2D eigenvalue weighted by Crippen LogP contribution is -2.01. The molecule has 12 heavy (non-hydrogen) atoms. The number of rotatable bonds is 4. The summed E-state index contributed by atoms with van der Waals surface area (Å²) < 4.78 is 0. The molecule has 0 bridgehead atoms. The summed E-state index contributed by atoms with van der Waals surface area (Å²) in [4.78, 5) is 0. The van der Waals surface area contributed by atoms with Crippen molar-refractivity contribution in [1.82, 2.24) is 0 Å². The minimum Gasteiger partial charge on any atom is -0.0883 e. The Morgan fingerprint density at radius 2 is 2.25 bits per heavy atom. The van der Waals surface area contributed by atoms with Crippen LogP contribution in [0.1, 0.15) is 52.4 Å². The molecule has 0 amide bonds. The van der Waals surface area contributed by atoms with Crippen LogP contribution in [-0.4, -0.2) is 0 Å². The van der Waals surface area contributed by atoms with E-state index in [2.05, 4.69) is 26.0 Å². The lowest BCUT2D eigenvalue weighted by atomic mass is 9.90. The predicted octanol–water partition coefficient (Wildman–Crippen LogP) is 4.17. The van der Waals surface area contributed by atoms with E-state index < -0.39 is 0 Å². The van der Waals surface area contributed by atoms with Crippen LogP contribution in [0.2, 0.25) is 0 Å². The van der Waals surface area contributed by atoms with Crippen LogP contribution in [0.5, 0.6) is 0 Å². The summed E-state index contributed by atoms with van der Waals surface area (Å²) in [6, 6.07) is 0. The van der Waals surface area contributed by atoms with E-state index in [0.717, 1.165) is 11.8 Å². The predicted molar refractivity (Wildman–Crippen MR) is 55.2 cm³/mol. The first-order valence-corrected chi connectivity index (χ1v) is 5.45. The zero-order valence-corrected chi connectivity index (χ0v) is 8.55. The summed E-state index contributed by atoms with van der Waals surface area (Å²) in [7, 11) is 0. The molecule has 1 aliphatic carbocycles. The molecule has 0 saturated heterocycles. The number of allylic oxidation sites excluding steroid dienone is 2. The third-order valence-electron chi connectivity index (χ3n) is 2.71. The molecule has 70 valence electrons. The zero-order chi connectivity index (χ0) is 8.81. The summed E-state index contributed by atoms with van der Waals surface area (Å²) in [5, 5.41) is 0. The van der Waals surface area contributed by atoms with Crippen LogP contribution >= 0.6 is 0 Å². The summed E-state index contributed by atoms with van der Waals surface area (Å²) >= 11 is 0. The minimum atomic E-state index is 0.887. The van der Waals surface area contributed by atoms with Gasteiger partial charge in [-0.3, -0.25) is 0 Å². The van der Waals surface area contributed by atoms with Crippen LogP contribution in [0.15, 0.2) is 12.2 Å². The Labute approximate surface area is 77.1 Å². The standard InChI is InChI=1S/C12H22/c1-11(2)7-6-10-12-8-4-3-5-9-12/h4,8,11-12H,3,5-7,9-10H2,1-2H3. The molecule has 1 atom stereocenters. The van der Waals surface area contributed by atoms with Gasteiger partial charge in [-0.2, -0.15) is 0 Å². The Morgan fingerprint density at radius 1 is 1.42 bits per heavy atom. The van der Waals surface area contributed by atoms with Gasteiger partial charge in [-0.05, 0) is 37.5 Å². The van der Waals surface area contributed by atoms with Crippen LogP contribution in [0, 0.1) is 11.8 Å². The van der Waals surface area contributed by atoms with Crippen molar-refractivity contribution in [2.75, 3.05) is 0 Å². The first-order chi connectivity index (χ1) is 5.79. The van der Waals surface area contributed by atoms with Gasteiger partial charge in [-0.15, -0.1) is 0 Å². The average Bonchev–Trinajstić information content (AvgIpc) is 2.05. The minimum absolute atomic E-state index is 0.887. The van der Waals surface area contributed by atoms with E-state index in [4.69, 9.17) is 0 Å². The van der Waals surface area contributed by atoms with Crippen molar-refractivity contribution in [3.05, 3.63) is 12.2 Å². The molecule has 0 saturated carbocycles. The Morgan fingerprint density at radius 3 is 2.83 bits per heavy atom. The van der Waals surface area contributed by atoms with Crippen molar-refractivity contribution in [2.45, 2.75) is 52.4 Å². The lowest BCUT2D eigenvalue weighted by molar-refractivity contribution is 0.449. The second-order valence-electron chi connectivity index (χ2n) is 4.44. The molecule has 0 spiro atoms. The van der Waals surface area contributed by atoms with Gasteiger partial charge in [0.25, 0.3) is 0 Å². The highest BCUT2D eigenvalue weighted by molar-refractivity contribution is 4.92. The molecular formula is C12H22. The number of hydrogen-bond donors (Lipinski definition) is 0. The van der Waals surface area contributed by atoms with Crippen LogP contribution in [-0.2, 0) is 0 Å². The molecule has 1 rings (SSSR count). The zero-order valence-electron chi connectivity index (χ0n) is 8.55. The highest BCUT2D eigenvalue weighted by atomic mass is 14.1. The van der Waals surface area contributed by atoms with Gasteiger partial charge < -0.3 is 0 Å². The second-order valence-corrected chi connectivity index (χ2v) is 4.44. The van der Waals surface area contributed by atoms with Crippen LogP contribution in [0.25, 0.3) is 0 Å². The van der Waals surface area contributed by atoms with Crippen molar-refractivity contribution in [3.8, 4) is 0 Å². The summed E-state index contributed by atoms with van der Waals surface area (Å²) in [6.07, 6.45) is 13.2. The van der Waals surface area contributed by atoms with Gasteiger partial charge in [0.05, 0.1) is 0 Å². The lowest BCUT2D eigenvalue weighted by Gasteiger charge is -2.16. The molecule has 0 heterocycles. The van der Waals surface area contributed by atoms with Gasteiger partial charge in [0, 0.05) is 0 Å². The smallest absolute Gasteiger partial charge is 0.0233 e. The van der Waals surface area contributed by atoms with Crippen molar-refractivity contribution in [2.24, 2.45) is 11.8 Å². The highest BCUT2D eigenvalue weighted by Gasteiger charge is 2.07. The van der Waals surface area contributed by atoms with Crippen molar-refractivity contribution < 1.29 is 0 Å². The molecule has 0 nitrogen and oxygen atoms in total. The summed E-state index contributed by atoms with van der Waals surface area (Å²) in [5.41, 5.74) is 0. The van der Waals surface area contributed by atoms with E-state index in [1.54, 1.807) is 0 Å². The van der Waals surface area contributed by atoms with Gasteiger partial charge in [0.15, 0.2) is 0 Å². The molecule has 1 unspecified atom stereocenters. The normalized spacial score (nSPS) is 23.4. The molecule has 0 radical (unpaired) electrons. The van der Waals surface area contributed by atoms with Gasteiger partial charge in [-0.25, -0.2) is 0 Å². The van der Waals surface area contributed by atoms with E-state index >= 15 is 0 Å². The van der Waals surface area contributed by atoms with Crippen molar-refractivity contribution >= 4 is 0 Å². The first kappa shape index (κ1) is 9.83. The van der Waals surface area contributed by atoms with E-state index in [-0.39, 0.29) is 0 Å². The van der Waals surface area contributed by atoms with E-state index in [1.165, 1.54) is 38.5 Å². The molecule has 0 aromatic carbocycles. The van der Waals surface area contributed by atoms with Gasteiger partial charge >= 0.3 is 0 Å². The second kappa shape index (κ2) is 5.40. The molecule has 1 aliphatic rings. The molecule has 0 N–H and O–H groups in total. The average molecular weight is 166 g/mol. The van der Waals surface area contributed by atoms with Gasteiger partial charge in [-0.1, -0.05) is 38.8 Å². The Bertz CT molecular complexity index is 133. The maximum Gasteiger partial charge on any atom is -0.0233 e. The SMILES string of the molecule is CC(C)CCCC1C=CCCC1. The van der Waals surface area contributed by atoms with Gasteiger partial charge in [0.2, 0.25) is 0 Å². The summed E-state index contributed by atoms with van der Waals surface area (Å²) in [6.45, 7) is 4.63. The molecular weight excluding hydrogens is 144 g/mol. The van der Waals surface area contributed by atoms with Crippen LogP contribution in [0.3, 0.4) is 0 Å². The fourth-order valence-corrected chi connectivity index (χ4v) is 1.91.